The molecule has 2 aliphatic rings. The van der Waals surface area contributed by atoms with Gasteiger partial charge < -0.3 is 9.47 Å². The maximum absolute atomic E-state index is 15.0. The molecule has 0 fully saturated rings. The van der Waals surface area contributed by atoms with Gasteiger partial charge in [0.15, 0.2) is 5.60 Å². The quantitative estimate of drug-likeness (QED) is 0.209. The van der Waals surface area contributed by atoms with E-state index in [4.69, 9.17) is 9.47 Å². The van der Waals surface area contributed by atoms with Crippen LogP contribution in [0.2, 0.25) is 0 Å². The molecular weight excluding hydrogens is 543 g/mol. The highest BCUT2D eigenvalue weighted by molar-refractivity contribution is 6.08. The van der Waals surface area contributed by atoms with Gasteiger partial charge >= 0.3 is 0 Å². The zero-order chi connectivity index (χ0) is 30.1. The highest BCUT2D eigenvalue weighted by Gasteiger charge is 2.44. The van der Waals surface area contributed by atoms with Gasteiger partial charge in [0.25, 0.3) is 0 Å². The minimum Gasteiger partial charge on any atom is -0.472 e. The van der Waals surface area contributed by atoms with Crippen molar-refractivity contribution >= 4 is 16.8 Å². The molecule has 3 heteroatoms. The van der Waals surface area contributed by atoms with Crippen molar-refractivity contribution in [2.45, 2.75) is 31.8 Å². The number of rotatable bonds is 4. The highest BCUT2D eigenvalue weighted by Crippen LogP contribution is 2.58. The van der Waals surface area contributed by atoms with Gasteiger partial charge in [-0.15, -0.1) is 0 Å². The van der Waals surface area contributed by atoms with Crippen LogP contribution in [0.1, 0.15) is 47.2 Å². The first-order valence-electron chi connectivity index (χ1n) is 15.0. The number of halogens is 1. The fourth-order valence-electron chi connectivity index (χ4n) is 7.13. The second kappa shape index (κ2) is 9.68. The summed E-state index contributed by atoms with van der Waals surface area (Å²) in [6, 6.07) is 39.8. The number of ether oxygens (including phenoxy) is 2. The van der Waals surface area contributed by atoms with E-state index in [1.807, 2.05) is 66.7 Å². The Morgan fingerprint density at radius 1 is 0.682 bits per heavy atom. The second-order valence-corrected chi connectivity index (χ2v) is 12.3. The Labute approximate surface area is 257 Å². The van der Waals surface area contributed by atoms with E-state index in [9.17, 15) is 0 Å². The summed E-state index contributed by atoms with van der Waals surface area (Å²) in [6.45, 7) is 6.70. The molecule has 1 aliphatic carbocycles. The van der Waals surface area contributed by atoms with Crippen LogP contribution < -0.4 is 9.47 Å². The van der Waals surface area contributed by atoms with Gasteiger partial charge in [-0.3, -0.25) is 0 Å². The lowest BCUT2D eigenvalue weighted by Crippen LogP contribution is -2.35. The van der Waals surface area contributed by atoms with E-state index >= 15 is 4.39 Å². The third-order valence-corrected chi connectivity index (χ3v) is 9.21. The highest BCUT2D eigenvalue weighted by atomic mass is 19.1. The van der Waals surface area contributed by atoms with Gasteiger partial charge in [-0.1, -0.05) is 110 Å². The number of para-hydroxylation sites is 1. The van der Waals surface area contributed by atoms with Gasteiger partial charge in [0.1, 0.15) is 23.1 Å². The van der Waals surface area contributed by atoms with Crippen LogP contribution in [0.15, 0.2) is 127 Å². The third-order valence-electron chi connectivity index (χ3n) is 9.21. The minimum absolute atomic E-state index is 0.264. The molecule has 0 bridgehead atoms. The Morgan fingerprint density at radius 2 is 1.36 bits per heavy atom. The molecule has 0 aromatic heterocycles. The van der Waals surface area contributed by atoms with E-state index in [1.165, 1.54) is 27.8 Å². The van der Waals surface area contributed by atoms with Crippen LogP contribution in [0.25, 0.3) is 28.0 Å². The van der Waals surface area contributed by atoms with Crippen LogP contribution in [-0.4, -0.2) is 0 Å². The fourth-order valence-corrected chi connectivity index (χ4v) is 7.13. The minimum atomic E-state index is -0.931. The van der Waals surface area contributed by atoms with Crippen LogP contribution in [0, 0.1) is 12.7 Å². The SMILES string of the molecule is Cc1ccc2c(c1)C(C)(C)c1c3c(c4cc(F)ccc4c1-2)OC(c1ccccc1)(c1ccc(Oc2ccccc2)cc1)C=C3. The Morgan fingerprint density at radius 3 is 2.11 bits per heavy atom. The maximum Gasteiger partial charge on any atom is 0.178 e. The van der Waals surface area contributed by atoms with Gasteiger partial charge in [0.2, 0.25) is 0 Å². The maximum atomic E-state index is 15.0. The van der Waals surface area contributed by atoms with Crippen LogP contribution in [0.3, 0.4) is 0 Å². The van der Waals surface area contributed by atoms with Crippen LogP contribution in [0.4, 0.5) is 4.39 Å². The Balaban J connectivity index is 1.35. The Bertz CT molecular complexity index is 2090. The van der Waals surface area contributed by atoms with Crippen molar-refractivity contribution in [1.82, 2.24) is 0 Å². The molecule has 44 heavy (non-hydrogen) atoms. The van der Waals surface area contributed by atoms with Crippen molar-refractivity contribution in [3.8, 4) is 28.4 Å². The van der Waals surface area contributed by atoms with Gasteiger partial charge in [-0.2, -0.15) is 0 Å². The summed E-state index contributed by atoms with van der Waals surface area (Å²) in [5, 5.41) is 1.77. The number of hydrogen-bond acceptors (Lipinski definition) is 2. The monoisotopic (exact) mass is 574 g/mol. The van der Waals surface area contributed by atoms with E-state index in [2.05, 4.69) is 75.4 Å². The Hall–Kier alpha value is -5.15. The van der Waals surface area contributed by atoms with Gasteiger partial charge in [0, 0.05) is 27.5 Å². The van der Waals surface area contributed by atoms with E-state index in [0.29, 0.717) is 5.75 Å². The predicted molar refractivity (Wildman–Crippen MR) is 176 cm³/mol. The van der Waals surface area contributed by atoms with Crippen LogP contribution in [-0.2, 0) is 11.0 Å². The third kappa shape index (κ3) is 3.92. The molecule has 0 radical (unpaired) electrons. The van der Waals surface area contributed by atoms with Crippen LogP contribution >= 0.6 is 0 Å². The number of hydrogen-bond donors (Lipinski definition) is 0. The first kappa shape index (κ1) is 26.5. The van der Waals surface area contributed by atoms with E-state index < -0.39 is 5.60 Å². The molecule has 6 aromatic carbocycles. The lowest BCUT2D eigenvalue weighted by atomic mass is 9.76. The number of benzene rings is 6. The topological polar surface area (TPSA) is 18.5 Å². The molecular formula is C41H31FO2. The smallest absolute Gasteiger partial charge is 0.178 e. The largest absolute Gasteiger partial charge is 0.472 e. The molecule has 1 atom stereocenters. The van der Waals surface area contributed by atoms with Crippen molar-refractivity contribution in [1.29, 1.82) is 0 Å². The molecule has 1 unspecified atom stereocenters. The van der Waals surface area contributed by atoms with Gasteiger partial charge in [-0.25, -0.2) is 4.39 Å². The summed E-state index contributed by atoms with van der Waals surface area (Å²) in [5.74, 6) is 1.93. The average molecular weight is 575 g/mol. The molecule has 0 N–H and O–H groups in total. The van der Waals surface area contributed by atoms with Gasteiger partial charge in [-0.05, 0) is 77.0 Å². The number of aryl methyl sites for hydroxylation is 1. The molecule has 1 heterocycles. The zero-order valence-electron chi connectivity index (χ0n) is 24.9. The predicted octanol–water partition coefficient (Wildman–Crippen LogP) is 10.7. The van der Waals surface area contributed by atoms with E-state index in [-0.39, 0.29) is 11.2 Å². The molecule has 0 spiro atoms. The van der Waals surface area contributed by atoms with Crippen molar-refractivity contribution in [2.75, 3.05) is 0 Å². The lowest BCUT2D eigenvalue weighted by Gasteiger charge is -2.38. The summed E-state index contributed by atoms with van der Waals surface area (Å²) in [4.78, 5) is 0. The lowest BCUT2D eigenvalue weighted by molar-refractivity contribution is 0.163. The number of fused-ring (bicyclic) bond motifs is 8. The molecule has 1 aliphatic heterocycles. The van der Waals surface area contributed by atoms with E-state index in [0.717, 1.165) is 39.0 Å². The average Bonchev–Trinajstić information content (AvgIpc) is 3.28. The Kier molecular flexibility index (Phi) is 5.83. The second-order valence-electron chi connectivity index (χ2n) is 12.3. The zero-order valence-corrected chi connectivity index (χ0v) is 24.9. The summed E-state index contributed by atoms with van der Waals surface area (Å²) >= 11 is 0. The first-order valence-corrected chi connectivity index (χ1v) is 15.0. The standard InChI is InChI=1S/C41H31FO2/c1-26-14-20-33-36(24-26)40(2,3)38-34-22-23-41(27-10-6-4-7-11-27,44-39(34)35-25-29(42)17-21-32(35)37(33)38)28-15-18-31(19-16-28)43-30-12-8-5-9-13-30/h4-25H,1-3H3. The van der Waals surface area contributed by atoms with Gasteiger partial charge in [0.05, 0.1) is 0 Å². The summed E-state index contributed by atoms with van der Waals surface area (Å²) in [7, 11) is 0. The molecule has 0 amide bonds. The summed E-state index contributed by atoms with van der Waals surface area (Å²) < 4.78 is 28.4. The molecule has 214 valence electrons. The van der Waals surface area contributed by atoms with Crippen molar-refractivity contribution in [3.63, 3.8) is 0 Å². The van der Waals surface area contributed by atoms with E-state index in [1.54, 1.807) is 12.1 Å². The molecule has 0 saturated heterocycles. The fraction of sp³-hybridized carbons (Fsp3) is 0.122. The van der Waals surface area contributed by atoms with Crippen molar-refractivity contribution in [3.05, 3.63) is 167 Å². The first-order chi connectivity index (χ1) is 21.3. The molecule has 8 rings (SSSR count). The van der Waals surface area contributed by atoms with Crippen LogP contribution in [0.5, 0.6) is 17.2 Å². The molecule has 2 nitrogen and oxygen atoms in total. The van der Waals surface area contributed by atoms with Crippen molar-refractivity contribution < 1.29 is 13.9 Å². The normalized spacial score (nSPS) is 17.5. The molecule has 6 aromatic rings. The summed E-state index contributed by atoms with van der Waals surface area (Å²) in [5.41, 5.74) is 7.86. The van der Waals surface area contributed by atoms with Crippen molar-refractivity contribution in [2.24, 2.45) is 0 Å². The summed E-state index contributed by atoms with van der Waals surface area (Å²) in [6.07, 6.45) is 4.36. The molecule has 0 saturated carbocycles.